The van der Waals surface area contributed by atoms with Crippen LogP contribution in [0.25, 0.3) is 0 Å². The first-order valence-corrected chi connectivity index (χ1v) is 13.2. The third kappa shape index (κ3) is 7.48. The van der Waals surface area contributed by atoms with Crippen molar-refractivity contribution in [2.24, 2.45) is 0 Å². The van der Waals surface area contributed by atoms with Crippen molar-refractivity contribution in [3.63, 3.8) is 0 Å². The van der Waals surface area contributed by atoms with Crippen molar-refractivity contribution in [3.05, 3.63) is 59.7 Å². The third-order valence-corrected chi connectivity index (χ3v) is 6.80. The summed E-state index contributed by atoms with van der Waals surface area (Å²) < 4.78 is 31.5. The number of anilines is 1. The van der Waals surface area contributed by atoms with Crippen molar-refractivity contribution in [2.75, 3.05) is 30.8 Å². The molecule has 34 heavy (non-hydrogen) atoms. The van der Waals surface area contributed by atoms with Crippen LogP contribution in [0.2, 0.25) is 0 Å². The van der Waals surface area contributed by atoms with E-state index in [9.17, 15) is 18.0 Å². The number of carbonyl (C=O) groups is 2. The maximum Gasteiger partial charge on any atom is 0.242 e. The molecule has 9 heteroatoms. The number of likely N-dealkylation sites (N-methyl/N-ethyl adjacent to an activating group) is 1. The van der Waals surface area contributed by atoms with Crippen molar-refractivity contribution < 1.29 is 22.7 Å². The van der Waals surface area contributed by atoms with Crippen LogP contribution in [0.5, 0.6) is 5.75 Å². The van der Waals surface area contributed by atoms with Crippen LogP contribution >= 0.6 is 0 Å². The van der Waals surface area contributed by atoms with E-state index in [0.717, 1.165) is 17.4 Å². The molecule has 0 aromatic heterocycles. The van der Waals surface area contributed by atoms with Crippen molar-refractivity contribution in [2.45, 2.75) is 46.2 Å². The van der Waals surface area contributed by atoms with Crippen LogP contribution in [0.3, 0.4) is 0 Å². The number of hydrogen-bond donors (Lipinski definition) is 1. The lowest BCUT2D eigenvalue weighted by molar-refractivity contribution is -0.140. The van der Waals surface area contributed by atoms with Gasteiger partial charge < -0.3 is 15.0 Å². The molecule has 2 aromatic rings. The first-order chi connectivity index (χ1) is 16.1. The number of nitrogens with one attached hydrogen (secondary N) is 1. The quantitative estimate of drug-likeness (QED) is 0.494. The Labute approximate surface area is 202 Å². The van der Waals surface area contributed by atoms with Gasteiger partial charge >= 0.3 is 0 Å². The first kappa shape index (κ1) is 27.2. The smallest absolute Gasteiger partial charge is 0.242 e. The molecule has 186 valence electrons. The van der Waals surface area contributed by atoms with Gasteiger partial charge in [0.1, 0.15) is 11.8 Å². The summed E-state index contributed by atoms with van der Waals surface area (Å²) >= 11 is 0. The van der Waals surface area contributed by atoms with Crippen molar-refractivity contribution in [1.82, 2.24) is 10.2 Å². The van der Waals surface area contributed by atoms with Crippen LogP contribution in [0, 0.1) is 6.92 Å². The molecule has 1 unspecified atom stereocenters. The highest BCUT2D eigenvalue weighted by atomic mass is 32.2. The molecule has 0 aliphatic carbocycles. The van der Waals surface area contributed by atoms with Gasteiger partial charge in [0.05, 0.1) is 18.6 Å². The molecule has 0 heterocycles. The zero-order valence-corrected chi connectivity index (χ0v) is 21.4. The topological polar surface area (TPSA) is 96.0 Å². The fourth-order valence-electron chi connectivity index (χ4n) is 3.64. The fourth-order valence-corrected chi connectivity index (χ4v) is 4.61. The van der Waals surface area contributed by atoms with Gasteiger partial charge in [-0.3, -0.25) is 13.9 Å². The van der Waals surface area contributed by atoms with E-state index < -0.39 is 16.1 Å². The zero-order valence-electron chi connectivity index (χ0n) is 20.6. The number of rotatable bonds is 12. The van der Waals surface area contributed by atoms with Gasteiger partial charge in [0.15, 0.2) is 0 Å². The van der Waals surface area contributed by atoms with E-state index in [2.05, 4.69) is 5.32 Å². The van der Waals surface area contributed by atoms with E-state index in [0.29, 0.717) is 31.0 Å². The van der Waals surface area contributed by atoms with Crippen LogP contribution in [-0.2, 0) is 26.2 Å². The van der Waals surface area contributed by atoms with Crippen LogP contribution in [0.4, 0.5) is 5.69 Å². The van der Waals surface area contributed by atoms with Crippen LogP contribution in [0.1, 0.15) is 37.8 Å². The fraction of sp³-hybridized carbons (Fsp3) is 0.440. The Kier molecular flexibility index (Phi) is 9.92. The van der Waals surface area contributed by atoms with Gasteiger partial charge in [0, 0.05) is 26.6 Å². The largest absolute Gasteiger partial charge is 0.494 e. The van der Waals surface area contributed by atoms with E-state index in [4.69, 9.17) is 4.74 Å². The minimum absolute atomic E-state index is 0.107. The number of carbonyl (C=O) groups excluding carboxylic acids is 2. The average Bonchev–Trinajstić information content (AvgIpc) is 2.80. The molecule has 0 spiro atoms. The van der Waals surface area contributed by atoms with Gasteiger partial charge in [-0.25, -0.2) is 8.42 Å². The molecular formula is C25H35N3O5S. The van der Waals surface area contributed by atoms with E-state index in [1.807, 2.05) is 38.1 Å². The molecular weight excluding hydrogens is 454 g/mol. The Balaban J connectivity index is 2.14. The minimum Gasteiger partial charge on any atom is -0.494 e. The van der Waals surface area contributed by atoms with Crippen molar-refractivity contribution in [3.8, 4) is 5.75 Å². The lowest BCUT2D eigenvalue weighted by atomic mass is 10.1. The van der Waals surface area contributed by atoms with Crippen molar-refractivity contribution in [1.29, 1.82) is 0 Å². The molecule has 0 aliphatic heterocycles. The minimum atomic E-state index is -3.55. The molecule has 1 atom stereocenters. The van der Waals surface area contributed by atoms with Gasteiger partial charge in [0.2, 0.25) is 21.8 Å². The second-order valence-electron chi connectivity index (χ2n) is 8.10. The Morgan fingerprint density at radius 1 is 1.09 bits per heavy atom. The number of amides is 2. The lowest BCUT2D eigenvalue weighted by Gasteiger charge is -2.29. The van der Waals surface area contributed by atoms with E-state index in [1.54, 1.807) is 36.1 Å². The second-order valence-corrected chi connectivity index (χ2v) is 10.0. The van der Waals surface area contributed by atoms with Crippen LogP contribution in [-0.4, -0.2) is 57.6 Å². The molecule has 2 rings (SSSR count). The predicted octanol–water partition coefficient (Wildman–Crippen LogP) is 3.10. The Morgan fingerprint density at radius 2 is 1.74 bits per heavy atom. The van der Waals surface area contributed by atoms with Gasteiger partial charge in [-0.15, -0.1) is 0 Å². The number of ether oxygens (including phenoxy) is 1. The standard InChI is InChI=1S/C25H35N3O5S/c1-6-33-23-15-13-22(14-16-23)28(34(5,31)32)17-9-12-24(29)27(20(3)25(30)26-4)18-21-11-8-7-10-19(21)2/h7-8,10-11,13-16,20H,6,9,12,17-18H2,1-5H3,(H,26,30). The summed E-state index contributed by atoms with van der Waals surface area (Å²) in [7, 11) is -2.01. The van der Waals surface area contributed by atoms with Gasteiger partial charge in [0.25, 0.3) is 0 Å². The first-order valence-electron chi connectivity index (χ1n) is 11.3. The normalized spacial score (nSPS) is 12.0. The van der Waals surface area contributed by atoms with Crippen molar-refractivity contribution >= 4 is 27.5 Å². The number of nitrogens with zero attached hydrogens (tertiary/aromatic N) is 2. The molecule has 2 amide bonds. The SMILES string of the molecule is CCOc1ccc(N(CCCC(=O)N(Cc2ccccc2C)C(C)C(=O)NC)S(C)(=O)=O)cc1. The molecule has 1 N–H and O–H groups in total. The summed E-state index contributed by atoms with van der Waals surface area (Å²) in [6, 6.07) is 13.9. The summed E-state index contributed by atoms with van der Waals surface area (Å²) in [6.45, 7) is 6.49. The Bertz CT molecular complexity index is 1070. The van der Waals surface area contributed by atoms with Gasteiger partial charge in [-0.2, -0.15) is 0 Å². The molecule has 0 saturated carbocycles. The average molecular weight is 490 g/mol. The number of hydrogen-bond acceptors (Lipinski definition) is 5. The van der Waals surface area contributed by atoms with Crippen LogP contribution in [0.15, 0.2) is 48.5 Å². The Hall–Kier alpha value is -3.07. The Morgan fingerprint density at radius 3 is 2.29 bits per heavy atom. The van der Waals surface area contributed by atoms with E-state index >= 15 is 0 Å². The van der Waals surface area contributed by atoms with E-state index in [-0.39, 0.29) is 24.8 Å². The molecule has 0 radical (unpaired) electrons. The summed E-state index contributed by atoms with van der Waals surface area (Å²) in [5.41, 5.74) is 2.50. The molecule has 2 aromatic carbocycles. The third-order valence-electron chi connectivity index (χ3n) is 5.60. The summed E-state index contributed by atoms with van der Waals surface area (Å²) in [5, 5.41) is 2.60. The number of benzene rings is 2. The number of sulfonamides is 1. The number of aryl methyl sites for hydroxylation is 1. The second kappa shape index (κ2) is 12.4. The molecule has 0 fully saturated rings. The van der Waals surface area contributed by atoms with Gasteiger partial charge in [-0.1, -0.05) is 24.3 Å². The van der Waals surface area contributed by atoms with Crippen LogP contribution < -0.4 is 14.4 Å². The predicted molar refractivity (Wildman–Crippen MR) is 134 cm³/mol. The molecule has 8 nitrogen and oxygen atoms in total. The monoisotopic (exact) mass is 489 g/mol. The molecule has 0 saturated heterocycles. The lowest BCUT2D eigenvalue weighted by Crippen LogP contribution is -2.47. The highest BCUT2D eigenvalue weighted by Gasteiger charge is 2.26. The van der Waals surface area contributed by atoms with E-state index in [1.165, 1.54) is 11.4 Å². The maximum absolute atomic E-state index is 13.2. The van der Waals surface area contributed by atoms with Gasteiger partial charge in [-0.05, 0) is 62.6 Å². The highest BCUT2D eigenvalue weighted by Crippen LogP contribution is 2.23. The summed E-state index contributed by atoms with van der Waals surface area (Å²) in [6.07, 6.45) is 1.56. The summed E-state index contributed by atoms with van der Waals surface area (Å²) in [5.74, 6) is 0.193. The highest BCUT2D eigenvalue weighted by molar-refractivity contribution is 7.92. The summed E-state index contributed by atoms with van der Waals surface area (Å²) in [4.78, 5) is 27.0. The maximum atomic E-state index is 13.2. The molecule has 0 bridgehead atoms. The zero-order chi connectivity index (χ0) is 25.3. The molecule has 0 aliphatic rings.